The lowest BCUT2D eigenvalue weighted by Gasteiger charge is -2.32. The Morgan fingerprint density at radius 2 is 2.00 bits per heavy atom. The Morgan fingerprint density at radius 1 is 1.24 bits per heavy atom. The van der Waals surface area contributed by atoms with Gasteiger partial charge in [-0.1, -0.05) is 35.9 Å². The quantitative estimate of drug-likeness (QED) is 0.885. The van der Waals surface area contributed by atoms with Crippen LogP contribution in [0.25, 0.3) is 0 Å². The number of aliphatic carboxylic acids is 1. The fraction of sp³-hybridized carbons (Fsp3) is 0.188. The highest BCUT2D eigenvalue weighted by molar-refractivity contribution is 6.32. The van der Waals surface area contributed by atoms with Gasteiger partial charge in [0.1, 0.15) is 11.9 Å². The summed E-state index contributed by atoms with van der Waals surface area (Å²) in [7, 11) is 0. The Bertz CT molecular complexity index is 704. The van der Waals surface area contributed by atoms with E-state index in [2.05, 4.69) is 5.32 Å². The first-order chi connectivity index (χ1) is 10.1. The van der Waals surface area contributed by atoms with Crippen molar-refractivity contribution in [2.24, 2.45) is 0 Å². The van der Waals surface area contributed by atoms with E-state index in [0.29, 0.717) is 16.3 Å². The van der Waals surface area contributed by atoms with E-state index in [4.69, 9.17) is 11.6 Å². The molecule has 0 saturated carbocycles. The SMILES string of the molecule is O=C(O)C1CC(c2ccccc2F)c2c(Cl)cccc2N1. The van der Waals surface area contributed by atoms with E-state index in [-0.39, 0.29) is 18.2 Å². The van der Waals surface area contributed by atoms with E-state index in [1.165, 1.54) is 6.07 Å². The smallest absolute Gasteiger partial charge is 0.326 e. The van der Waals surface area contributed by atoms with Crippen molar-refractivity contribution in [3.63, 3.8) is 0 Å². The fourth-order valence-electron chi connectivity index (χ4n) is 2.82. The zero-order chi connectivity index (χ0) is 15.0. The van der Waals surface area contributed by atoms with Crippen LogP contribution in [-0.4, -0.2) is 17.1 Å². The third-order valence-electron chi connectivity index (χ3n) is 3.78. The molecule has 0 radical (unpaired) electrons. The maximum Gasteiger partial charge on any atom is 0.326 e. The first kappa shape index (κ1) is 13.9. The van der Waals surface area contributed by atoms with Crippen LogP contribution in [0.15, 0.2) is 42.5 Å². The topological polar surface area (TPSA) is 49.3 Å². The van der Waals surface area contributed by atoms with Crippen LogP contribution in [0, 0.1) is 5.82 Å². The second-order valence-corrected chi connectivity index (χ2v) is 5.45. The van der Waals surface area contributed by atoms with Crippen molar-refractivity contribution in [2.75, 3.05) is 5.32 Å². The maximum absolute atomic E-state index is 14.1. The van der Waals surface area contributed by atoms with E-state index in [9.17, 15) is 14.3 Å². The molecule has 0 saturated heterocycles. The molecule has 2 aromatic rings. The summed E-state index contributed by atoms with van der Waals surface area (Å²) < 4.78 is 14.1. The summed E-state index contributed by atoms with van der Waals surface area (Å²) >= 11 is 6.26. The Morgan fingerprint density at radius 3 is 2.71 bits per heavy atom. The summed E-state index contributed by atoms with van der Waals surface area (Å²) in [4.78, 5) is 11.3. The molecule has 2 aromatic carbocycles. The molecule has 0 aromatic heterocycles. The van der Waals surface area contributed by atoms with Crippen molar-refractivity contribution in [1.29, 1.82) is 0 Å². The van der Waals surface area contributed by atoms with Crippen LogP contribution in [0.3, 0.4) is 0 Å². The number of carboxylic acid groups (broad SMARTS) is 1. The molecule has 1 aliphatic heterocycles. The Labute approximate surface area is 126 Å². The normalized spacial score (nSPS) is 20.5. The summed E-state index contributed by atoms with van der Waals surface area (Å²) in [6, 6.07) is 10.9. The summed E-state index contributed by atoms with van der Waals surface area (Å²) in [6.45, 7) is 0. The lowest BCUT2D eigenvalue weighted by atomic mass is 9.82. The summed E-state index contributed by atoms with van der Waals surface area (Å²) in [5.74, 6) is -1.68. The average Bonchev–Trinajstić information content (AvgIpc) is 2.47. The molecule has 21 heavy (non-hydrogen) atoms. The second kappa shape index (κ2) is 5.37. The number of anilines is 1. The van der Waals surface area contributed by atoms with Gasteiger partial charge in [0.15, 0.2) is 0 Å². The molecular formula is C16H13ClFNO2. The number of benzene rings is 2. The Hall–Kier alpha value is -2.07. The van der Waals surface area contributed by atoms with Crippen LogP contribution >= 0.6 is 11.6 Å². The molecule has 0 aliphatic carbocycles. The molecule has 3 nitrogen and oxygen atoms in total. The zero-order valence-corrected chi connectivity index (χ0v) is 11.8. The standard InChI is InChI=1S/C16H13ClFNO2/c17-11-5-3-7-13-15(11)10(8-14(19-13)16(20)21)9-4-1-2-6-12(9)18/h1-7,10,14,19H,8H2,(H,20,21). The predicted molar refractivity (Wildman–Crippen MR) is 79.4 cm³/mol. The van der Waals surface area contributed by atoms with Crippen molar-refractivity contribution >= 4 is 23.3 Å². The fourth-order valence-corrected chi connectivity index (χ4v) is 3.13. The van der Waals surface area contributed by atoms with Crippen molar-refractivity contribution in [2.45, 2.75) is 18.4 Å². The largest absolute Gasteiger partial charge is 0.480 e. The number of hydrogen-bond donors (Lipinski definition) is 2. The Balaban J connectivity index is 2.15. The summed E-state index contributed by atoms with van der Waals surface area (Å²) in [6.07, 6.45) is 0.257. The van der Waals surface area contributed by atoms with Crippen LogP contribution < -0.4 is 5.32 Å². The molecule has 108 valence electrons. The molecule has 3 rings (SSSR count). The number of fused-ring (bicyclic) bond motifs is 1. The highest BCUT2D eigenvalue weighted by Gasteiger charge is 2.34. The van der Waals surface area contributed by atoms with E-state index in [1.54, 1.807) is 36.4 Å². The number of halogens is 2. The van der Waals surface area contributed by atoms with Crippen LogP contribution in [-0.2, 0) is 4.79 Å². The van der Waals surface area contributed by atoms with Crippen molar-refractivity contribution < 1.29 is 14.3 Å². The average molecular weight is 306 g/mol. The molecule has 0 bridgehead atoms. The van der Waals surface area contributed by atoms with Gasteiger partial charge < -0.3 is 10.4 Å². The molecule has 2 unspecified atom stereocenters. The number of rotatable bonds is 2. The Kier molecular flexibility index (Phi) is 3.55. The van der Waals surface area contributed by atoms with Gasteiger partial charge >= 0.3 is 5.97 Å². The molecule has 0 amide bonds. The lowest BCUT2D eigenvalue weighted by Crippen LogP contribution is -2.35. The van der Waals surface area contributed by atoms with Gasteiger partial charge in [-0.05, 0) is 30.2 Å². The molecule has 2 atom stereocenters. The van der Waals surface area contributed by atoms with Crippen LogP contribution in [0.1, 0.15) is 23.5 Å². The zero-order valence-electron chi connectivity index (χ0n) is 11.0. The molecule has 2 N–H and O–H groups in total. The van der Waals surface area contributed by atoms with Gasteiger partial charge in [0.2, 0.25) is 0 Å². The first-order valence-electron chi connectivity index (χ1n) is 6.60. The molecule has 0 spiro atoms. The van der Waals surface area contributed by atoms with E-state index >= 15 is 0 Å². The van der Waals surface area contributed by atoms with Gasteiger partial charge in [0, 0.05) is 22.2 Å². The van der Waals surface area contributed by atoms with Crippen LogP contribution in [0.5, 0.6) is 0 Å². The van der Waals surface area contributed by atoms with E-state index < -0.39 is 12.0 Å². The minimum atomic E-state index is -0.957. The van der Waals surface area contributed by atoms with Crippen LogP contribution in [0.2, 0.25) is 5.02 Å². The minimum Gasteiger partial charge on any atom is -0.480 e. The van der Waals surface area contributed by atoms with Crippen molar-refractivity contribution in [1.82, 2.24) is 0 Å². The lowest BCUT2D eigenvalue weighted by molar-refractivity contribution is -0.138. The van der Waals surface area contributed by atoms with Gasteiger partial charge in [-0.15, -0.1) is 0 Å². The first-order valence-corrected chi connectivity index (χ1v) is 6.98. The monoisotopic (exact) mass is 305 g/mol. The van der Waals surface area contributed by atoms with Gasteiger partial charge in [0.05, 0.1) is 0 Å². The second-order valence-electron chi connectivity index (χ2n) is 5.05. The molecule has 0 fully saturated rings. The highest BCUT2D eigenvalue weighted by atomic mass is 35.5. The van der Waals surface area contributed by atoms with Gasteiger partial charge in [0.25, 0.3) is 0 Å². The molecular weight excluding hydrogens is 293 g/mol. The minimum absolute atomic E-state index is 0.257. The predicted octanol–water partition coefficient (Wildman–Crippen LogP) is 3.88. The summed E-state index contributed by atoms with van der Waals surface area (Å²) in [5.41, 5.74) is 1.87. The summed E-state index contributed by atoms with van der Waals surface area (Å²) in [5, 5.41) is 12.7. The molecule has 1 heterocycles. The third-order valence-corrected chi connectivity index (χ3v) is 4.11. The van der Waals surface area contributed by atoms with E-state index in [0.717, 1.165) is 5.56 Å². The highest BCUT2D eigenvalue weighted by Crippen LogP contribution is 2.43. The van der Waals surface area contributed by atoms with Gasteiger partial charge in [-0.2, -0.15) is 0 Å². The molecule has 1 aliphatic rings. The van der Waals surface area contributed by atoms with Crippen molar-refractivity contribution in [3.05, 3.63) is 64.4 Å². The van der Waals surface area contributed by atoms with Gasteiger partial charge in [-0.25, -0.2) is 9.18 Å². The number of nitrogens with one attached hydrogen (secondary N) is 1. The van der Waals surface area contributed by atoms with E-state index in [1.807, 2.05) is 0 Å². The van der Waals surface area contributed by atoms with Gasteiger partial charge in [-0.3, -0.25) is 0 Å². The molecule has 5 heteroatoms. The number of carboxylic acids is 1. The number of hydrogen-bond acceptors (Lipinski definition) is 2. The van der Waals surface area contributed by atoms with Crippen LogP contribution in [0.4, 0.5) is 10.1 Å². The third kappa shape index (κ3) is 2.47. The van der Waals surface area contributed by atoms with Crippen molar-refractivity contribution in [3.8, 4) is 0 Å². The number of carbonyl (C=O) groups is 1. The maximum atomic E-state index is 14.1.